The van der Waals surface area contributed by atoms with Crippen molar-refractivity contribution in [3.05, 3.63) is 46.5 Å². The molecule has 0 aliphatic heterocycles. The summed E-state index contributed by atoms with van der Waals surface area (Å²) in [6.07, 6.45) is -0.183. The molecule has 23 heavy (non-hydrogen) atoms. The van der Waals surface area contributed by atoms with Gasteiger partial charge in [-0.15, -0.1) is 0 Å². The Morgan fingerprint density at radius 1 is 1.13 bits per heavy atom. The molecule has 122 valence electrons. The van der Waals surface area contributed by atoms with E-state index >= 15 is 0 Å². The molecule has 0 bridgehead atoms. The van der Waals surface area contributed by atoms with E-state index in [9.17, 15) is 24.3 Å². The van der Waals surface area contributed by atoms with E-state index in [0.29, 0.717) is 0 Å². The van der Waals surface area contributed by atoms with E-state index in [-0.39, 0.29) is 23.1 Å². The lowest BCUT2D eigenvalue weighted by Crippen LogP contribution is -2.19. The molecule has 0 heterocycles. The fourth-order valence-electron chi connectivity index (χ4n) is 1.78. The van der Waals surface area contributed by atoms with Gasteiger partial charge in [-0.25, -0.2) is 19.2 Å². The summed E-state index contributed by atoms with van der Waals surface area (Å²) in [6.45, 7) is 4.12. The van der Waals surface area contributed by atoms with Crippen molar-refractivity contribution < 1.29 is 39.2 Å². The highest BCUT2D eigenvalue weighted by molar-refractivity contribution is 6.09. The first kappa shape index (κ1) is 18.1. The monoisotopic (exact) mass is 322 g/mol. The van der Waals surface area contributed by atoms with E-state index in [1.165, 1.54) is 6.92 Å². The van der Waals surface area contributed by atoms with E-state index in [4.69, 9.17) is 10.2 Å². The summed E-state index contributed by atoms with van der Waals surface area (Å²) in [7, 11) is 0. The molecule has 1 rings (SSSR count). The quantitative estimate of drug-likeness (QED) is 0.398. The topological polar surface area (TPSA) is 138 Å². The van der Waals surface area contributed by atoms with Gasteiger partial charge in [0.25, 0.3) is 0 Å². The number of carboxylic acids is 2. The number of aliphatic hydroxyl groups is 1. The number of carbonyl (C=O) groups excluding carboxylic acids is 2. The normalized spacial score (nSPS) is 10.0. The zero-order valence-corrected chi connectivity index (χ0v) is 12.2. The van der Waals surface area contributed by atoms with Gasteiger partial charge in [0.2, 0.25) is 0 Å². The van der Waals surface area contributed by atoms with Crippen molar-refractivity contribution in [3.8, 4) is 0 Å². The molecule has 0 amide bonds. The molecule has 0 unspecified atom stereocenters. The van der Waals surface area contributed by atoms with Crippen LogP contribution >= 0.6 is 0 Å². The van der Waals surface area contributed by atoms with Crippen molar-refractivity contribution in [2.75, 3.05) is 6.61 Å². The molecular weight excluding hydrogens is 308 g/mol. The van der Waals surface area contributed by atoms with Gasteiger partial charge in [-0.2, -0.15) is 0 Å². The predicted octanol–water partition coefficient (Wildman–Crippen LogP) is 0.877. The zero-order valence-electron chi connectivity index (χ0n) is 12.2. The summed E-state index contributed by atoms with van der Waals surface area (Å²) in [5.41, 5.74) is -1.62. The number of hydrogen-bond acceptors (Lipinski definition) is 6. The molecule has 0 saturated carbocycles. The predicted molar refractivity (Wildman–Crippen MR) is 76.4 cm³/mol. The largest absolute Gasteiger partial charge is 0.478 e. The van der Waals surface area contributed by atoms with Crippen LogP contribution in [0.1, 0.15) is 43.6 Å². The van der Waals surface area contributed by atoms with Gasteiger partial charge in [0, 0.05) is 12.2 Å². The summed E-state index contributed by atoms with van der Waals surface area (Å²) in [4.78, 5) is 45.9. The van der Waals surface area contributed by atoms with E-state index in [1.54, 1.807) is 0 Å². The van der Waals surface area contributed by atoms with Crippen LogP contribution < -0.4 is 0 Å². The van der Waals surface area contributed by atoms with Gasteiger partial charge in [0.05, 0.1) is 16.7 Å². The number of aliphatic hydroxyl groups excluding tert-OH is 1. The van der Waals surface area contributed by atoms with E-state index < -0.39 is 41.6 Å². The highest BCUT2D eigenvalue weighted by Gasteiger charge is 2.26. The Labute approximate surface area is 130 Å². The number of carbonyl (C=O) groups is 4. The molecule has 0 aliphatic rings. The van der Waals surface area contributed by atoms with Crippen LogP contribution in [0.4, 0.5) is 0 Å². The number of benzene rings is 1. The fraction of sp³-hybridized carbons (Fsp3) is 0.200. The van der Waals surface area contributed by atoms with Crippen molar-refractivity contribution in [2.45, 2.75) is 13.3 Å². The maximum Gasteiger partial charge on any atom is 0.346 e. The summed E-state index contributed by atoms with van der Waals surface area (Å²) in [5, 5.41) is 27.3. The van der Waals surface area contributed by atoms with Gasteiger partial charge in [0.1, 0.15) is 0 Å². The Morgan fingerprint density at radius 3 is 2.17 bits per heavy atom. The van der Waals surface area contributed by atoms with Crippen molar-refractivity contribution in [1.29, 1.82) is 0 Å². The van der Waals surface area contributed by atoms with Gasteiger partial charge in [-0.1, -0.05) is 6.58 Å². The van der Waals surface area contributed by atoms with Gasteiger partial charge in [-0.3, -0.25) is 0 Å². The average molecular weight is 322 g/mol. The molecule has 3 N–H and O–H groups in total. The van der Waals surface area contributed by atoms with Crippen molar-refractivity contribution in [3.63, 3.8) is 0 Å². The smallest absolute Gasteiger partial charge is 0.346 e. The molecule has 0 saturated heterocycles. The Morgan fingerprint density at radius 2 is 1.74 bits per heavy atom. The first-order chi connectivity index (χ1) is 10.7. The summed E-state index contributed by atoms with van der Waals surface area (Å²) < 4.78 is 4.46. The van der Waals surface area contributed by atoms with E-state index in [2.05, 4.69) is 11.3 Å². The van der Waals surface area contributed by atoms with Crippen molar-refractivity contribution in [2.24, 2.45) is 0 Å². The van der Waals surface area contributed by atoms with Crippen LogP contribution in [0, 0.1) is 0 Å². The molecule has 0 aliphatic carbocycles. The first-order valence-corrected chi connectivity index (χ1v) is 6.35. The minimum Gasteiger partial charge on any atom is -0.478 e. The molecule has 0 atom stereocenters. The van der Waals surface area contributed by atoms with Gasteiger partial charge in [0.15, 0.2) is 0 Å². The Bertz CT molecular complexity index is 702. The maximum absolute atomic E-state index is 12.0. The van der Waals surface area contributed by atoms with Gasteiger partial charge < -0.3 is 20.1 Å². The lowest BCUT2D eigenvalue weighted by atomic mass is 9.95. The highest BCUT2D eigenvalue weighted by atomic mass is 16.6. The highest BCUT2D eigenvalue weighted by Crippen LogP contribution is 2.21. The molecule has 0 aromatic heterocycles. The van der Waals surface area contributed by atoms with Crippen LogP contribution in [-0.2, 0) is 16.0 Å². The second kappa shape index (κ2) is 7.32. The second-order valence-corrected chi connectivity index (χ2v) is 4.60. The number of ether oxygens (including phenoxy) is 1. The van der Waals surface area contributed by atoms with Crippen LogP contribution in [0.2, 0.25) is 0 Å². The third-order valence-corrected chi connectivity index (χ3v) is 2.82. The first-order valence-electron chi connectivity index (χ1n) is 6.35. The van der Waals surface area contributed by atoms with Crippen molar-refractivity contribution in [1.82, 2.24) is 0 Å². The maximum atomic E-state index is 12.0. The van der Waals surface area contributed by atoms with Crippen LogP contribution in [0.3, 0.4) is 0 Å². The fourth-order valence-corrected chi connectivity index (χ4v) is 1.78. The molecular formula is C15H14O8. The van der Waals surface area contributed by atoms with E-state index in [1.807, 2.05) is 0 Å². The Balaban J connectivity index is 3.50. The molecule has 1 aromatic carbocycles. The molecule has 1 aromatic rings. The van der Waals surface area contributed by atoms with Crippen LogP contribution in [0.5, 0.6) is 0 Å². The molecule has 8 nitrogen and oxygen atoms in total. The lowest BCUT2D eigenvalue weighted by molar-refractivity contribution is -0.133. The summed E-state index contributed by atoms with van der Waals surface area (Å²) in [5.74, 6) is -5.28. The number of esters is 2. The molecule has 0 fully saturated rings. The van der Waals surface area contributed by atoms with Crippen LogP contribution in [-0.4, -0.2) is 45.8 Å². The van der Waals surface area contributed by atoms with Crippen LogP contribution in [0.15, 0.2) is 24.3 Å². The SMILES string of the molecule is C=C(C)C(=O)OC(=O)c1cc(C(=O)O)cc(CCO)c1C(=O)O. The molecule has 8 heteroatoms. The summed E-state index contributed by atoms with van der Waals surface area (Å²) in [6, 6.07) is 1.85. The minimum absolute atomic E-state index is 0.0605. The van der Waals surface area contributed by atoms with Crippen LogP contribution in [0.25, 0.3) is 0 Å². The number of carboxylic acid groups (broad SMARTS) is 2. The number of hydrogen-bond donors (Lipinski definition) is 3. The minimum atomic E-state index is -1.51. The third-order valence-electron chi connectivity index (χ3n) is 2.82. The zero-order chi connectivity index (χ0) is 17.7. The standard InChI is InChI=1S/C15H14O8/c1-7(2)14(21)23-15(22)10-6-9(12(17)18)5-8(3-4-16)11(10)13(19)20/h5-6,16H,1,3-4H2,2H3,(H,17,18)(H,19,20). The molecule has 0 spiro atoms. The van der Waals surface area contributed by atoms with Gasteiger partial charge >= 0.3 is 23.9 Å². The number of aromatic carboxylic acids is 2. The Kier molecular flexibility index (Phi) is 5.74. The average Bonchev–Trinajstić information content (AvgIpc) is 2.45. The lowest BCUT2D eigenvalue weighted by Gasteiger charge is -2.12. The van der Waals surface area contributed by atoms with Crippen molar-refractivity contribution >= 4 is 23.9 Å². The second-order valence-electron chi connectivity index (χ2n) is 4.60. The number of rotatable bonds is 6. The summed E-state index contributed by atoms with van der Waals surface area (Å²) >= 11 is 0. The van der Waals surface area contributed by atoms with Gasteiger partial charge in [-0.05, 0) is 31.0 Å². The third kappa shape index (κ3) is 4.24. The molecule has 0 radical (unpaired) electrons. The Hall–Kier alpha value is -3.00. The van der Waals surface area contributed by atoms with E-state index in [0.717, 1.165) is 12.1 Å².